The zero-order valence-electron chi connectivity index (χ0n) is 12.2. The molecule has 1 aliphatic rings. The molecule has 110 valence electrons. The third-order valence-electron chi connectivity index (χ3n) is 4.13. The van der Waals surface area contributed by atoms with Gasteiger partial charge < -0.3 is 10.1 Å². The summed E-state index contributed by atoms with van der Waals surface area (Å²) in [5.74, 6) is 1.29. The molecule has 0 radical (unpaired) electrons. The molecule has 1 saturated carbocycles. The van der Waals surface area contributed by atoms with E-state index in [0.717, 1.165) is 24.0 Å². The normalized spacial score (nSPS) is 15.2. The zero-order chi connectivity index (χ0) is 14.5. The highest BCUT2D eigenvalue weighted by Crippen LogP contribution is 2.25. The predicted octanol–water partition coefficient (Wildman–Crippen LogP) is 3.53. The SMILES string of the molecule is O=C(NCCOc1cccc2ccccc12)C1CCCC1. The average Bonchev–Trinajstić information content (AvgIpc) is 3.06. The van der Waals surface area contributed by atoms with E-state index in [1.54, 1.807) is 0 Å². The molecule has 2 aromatic rings. The van der Waals surface area contributed by atoms with Crippen molar-refractivity contribution in [2.75, 3.05) is 13.2 Å². The minimum atomic E-state index is 0.189. The number of benzene rings is 2. The number of rotatable bonds is 5. The first-order chi connectivity index (χ1) is 10.3. The predicted molar refractivity (Wildman–Crippen MR) is 84.4 cm³/mol. The number of fused-ring (bicyclic) bond motifs is 1. The largest absolute Gasteiger partial charge is 0.491 e. The van der Waals surface area contributed by atoms with Crippen molar-refractivity contribution in [3.05, 3.63) is 42.5 Å². The molecule has 0 heterocycles. The van der Waals surface area contributed by atoms with E-state index < -0.39 is 0 Å². The highest BCUT2D eigenvalue weighted by atomic mass is 16.5. The number of carbonyl (C=O) groups excluding carboxylic acids is 1. The number of hydrogen-bond acceptors (Lipinski definition) is 2. The Morgan fingerprint density at radius 3 is 2.71 bits per heavy atom. The van der Waals surface area contributed by atoms with Crippen LogP contribution in [0.15, 0.2) is 42.5 Å². The lowest BCUT2D eigenvalue weighted by atomic mass is 10.1. The molecule has 0 atom stereocenters. The Bertz CT molecular complexity index is 612. The molecule has 0 spiro atoms. The number of ether oxygens (including phenoxy) is 1. The molecule has 3 rings (SSSR count). The van der Waals surface area contributed by atoms with Crippen LogP contribution in [0.5, 0.6) is 5.75 Å². The lowest BCUT2D eigenvalue weighted by Gasteiger charge is -2.12. The van der Waals surface area contributed by atoms with Gasteiger partial charge in [0.25, 0.3) is 0 Å². The van der Waals surface area contributed by atoms with Gasteiger partial charge in [0, 0.05) is 11.3 Å². The van der Waals surface area contributed by atoms with E-state index in [1.807, 2.05) is 24.3 Å². The minimum Gasteiger partial charge on any atom is -0.491 e. The highest BCUT2D eigenvalue weighted by Gasteiger charge is 2.21. The Morgan fingerprint density at radius 1 is 1.10 bits per heavy atom. The fourth-order valence-electron chi connectivity index (χ4n) is 2.99. The van der Waals surface area contributed by atoms with Crippen LogP contribution in [-0.4, -0.2) is 19.1 Å². The van der Waals surface area contributed by atoms with Gasteiger partial charge >= 0.3 is 0 Å². The van der Waals surface area contributed by atoms with Gasteiger partial charge in [-0.05, 0) is 24.3 Å². The first kappa shape index (κ1) is 13.9. The molecule has 3 heteroatoms. The number of carbonyl (C=O) groups is 1. The van der Waals surface area contributed by atoms with Gasteiger partial charge in [0.2, 0.25) is 5.91 Å². The Balaban J connectivity index is 1.51. The Labute approximate surface area is 125 Å². The third kappa shape index (κ3) is 3.35. The number of hydrogen-bond donors (Lipinski definition) is 1. The quantitative estimate of drug-likeness (QED) is 0.853. The van der Waals surface area contributed by atoms with Crippen molar-refractivity contribution in [3.63, 3.8) is 0 Å². The molecule has 2 aromatic carbocycles. The third-order valence-corrected chi connectivity index (χ3v) is 4.13. The van der Waals surface area contributed by atoms with Gasteiger partial charge in [-0.1, -0.05) is 49.2 Å². The first-order valence-corrected chi connectivity index (χ1v) is 7.73. The van der Waals surface area contributed by atoms with Gasteiger partial charge in [0.15, 0.2) is 0 Å². The molecule has 0 bridgehead atoms. The van der Waals surface area contributed by atoms with Crippen LogP contribution in [0.3, 0.4) is 0 Å². The summed E-state index contributed by atoms with van der Waals surface area (Å²) >= 11 is 0. The van der Waals surface area contributed by atoms with Gasteiger partial charge in [-0.3, -0.25) is 4.79 Å². The second kappa shape index (κ2) is 6.61. The minimum absolute atomic E-state index is 0.189. The van der Waals surface area contributed by atoms with Crippen LogP contribution in [0.25, 0.3) is 10.8 Å². The molecule has 0 aromatic heterocycles. The molecule has 1 aliphatic carbocycles. The van der Waals surface area contributed by atoms with Crippen LogP contribution in [0.1, 0.15) is 25.7 Å². The summed E-state index contributed by atoms with van der Waals surface area (Å²) in [5, 5.41) is 5.26. The van der Waals surface area contributed by atoms with Crippen LogP contribution in [0.2, 0.25) is 0 Å². The maximum Gasteiger partial charge on any atom is 0.223 e. The van der Waals surface area contributed by atoms with Crippen LogP contribution in [0.4, 0.5) is 0 Å². The Morgan fingerprint density at radius 2 is 1.86 bits per heavy atom. The zero-order valence-corrected chi connectivity index (χ0v) is 12.2. The molecule has 1 N–H and O–H groups in total. The monoisotopic (exact) mass is 283 g/mol. The maximum atomic E-state index is 11.9. The molecule has 3 nitrogen and oxygen atoms in total. The van der Waals surface area contributed by atoms with E-state index in [2.05, 4.69) is 23.5 Å². The molecule has 0 saturated heterocycles. The summed E-state index contributed by atoms with van der Waals surface area (Å²) in [6.45, 7) is 1.07. The summed E-state index contributed by atoms with van der Waals surface area (Å²) in [4.78, 5) is 11.9. The van der Waals surface area contributed by atoms with Crippen LogP contribution < -0.4 is 10.1 Å². The lowest BCUT2D eigenvalue weighted by Crippen LogP contribution is -2.32. The van der Waals surface area contributed by atoms with E-state index >= 15 is 0 Å². The Kier molecular flexibility index (Phi) is 4.39. The van der Waals surface area contributed by atoms with Crippen molar-refractivity contribution in [2.45, 2.75) is 25.7 Å². The van der Waals surface area contributed by atoms with Crippen molar-refractivity contribution in [3.8, 4) is 5.75 Å². The van der Waals surface area contributed by atoms with Crippen molar-refractivity contribution in [2.24, 2.45) is 5.92 Å². The van der Waals surface area contributed by atoms with E-state index in [1.165, 1.54) is 18.2 Å². The van der Waals surface area contributed by atoms with Crippen LogP contribution >= 0.6 is 0 Å². The summed E-state index contributed by atoms with van der Waals surface area (Å²) < 4.78 is 5.82. The molecular weight excluding hydrogens is 262 g/mol. The Hall–Kier alpha value is -2.03. The lowest BCUT2D eigenvalue weighted by molar-refractivity contribution is -0.124. The fraction of sp³-hybridized carbons (Fsp3) is 0.389. The summed E-state index contributed by atoms with van der Waals surface area (Å²) in [6.07, 6.45) is 4.45. The highest BCUT2D eigenvalue weighted by molar-refractivity contribution is 5.88. The van der Waals surface area contributed by atoms with Crippen molar-refractivity contribution < 1.29 is 9.53 Å². The number of nitrogens with one attached hydrogen (secondary N) is 1. The van der Waals surface area contributed by atoms with Gasteiger partial charge in [0.1, 0.15) is 12.4 Å². The molecule has 0 unspecified atom stereocenters. The standard InChI is InChI=1S/C18H21NO2/c20-18(15-7-1-2-8-15)19-12-13-21-17-11-5-9-14-6-3-4-10-16(14)17/h3-6,9-11,15H,1-2,7-8,12-13H2,(H,19,20). The van der Waals surface area contributed by atoms with Gasteiger partial charge in [-0.15, -0.1) is 0 Å². The first-order valence-electron chi connectivity index (χ1n) is 7.73. The van der Waals surface area contributed by atoms with Gasteiger partial charge in [-0.2, -0.15) is 0 Å². The molecule has 21 heavy (non-hydrogen) atoms. The van der Waals surface area contributed by atoms with E-state index in [-0.39, 0.29) is 11.8 Å². The second-order valence-electron chi connectivity index (χ2n) is 5.60. The van der Waals surface area contributed by atoms with Gasteiger partial charge in [-0.25, -0.2) is 0 Å². The molecule has 0 aliphatic heterocycles. The molecule has 1 fully saturated rings. The number of amides is 1. The van der Waals surface area contributed by atoms with E-state index in [9.17, 15) is 4.79 Å². The van der Waals surface area contributed by atoms with Crippen molar-refractivity contribution in [1.82, 2.24) is 5.32 Å². The van der Waals surface area contributed by atoms with Gasteiger partial charge in [0.05, 0.1) is 6.54 Å². The summed E-state index contributed by atoms with van der Waals surface area (Å²) in [5.41, 5.74) is 0. The van der Waals surface area contributed by atoms with Crippen LogP contribution in [-0.2, 0) is 4.79 Å². The van der Waals surface area contributed by atoms with Crippen molar-refractivity contribution in [1.29, 1.82) is 0 Å². The second-order valence-corrected chi connectivity index (χ2v) is 5.60. The average molecular weight is 283 g/mol. The summed E-state index contributed by atoms with van der Waals surface area (Å²) in [7, 11) is 0. The van der Waals surface area contributed by atoms with E-state index in [0.29, 0.717) is 13.2 Å². The van der Waals surface area contributed by atoms with Crippen LogP contribution in [0, 0.1) is 5.92 Å². The smallest absolute Gasteiger partial charge is 0.223 e. The maximum absolute atomic E-state index is 11.9. The topological polar surface area (TPSA) is 38.3 Å². The van der Waals surface area contributed by atoms with Crippen molar-refractivity contribution >= 4 is 16.7 Å². The fourth-order valence-corrected chi connectivity index (χ4v) is 2.99. The van der Waals surface area contributed by atoms with E-state index in [4.69, 9.17) is 4.74 Å². The summed E-state index contributed by atoms with van der Waals surface area (Å²) in [6, 6.07) is 14.2. The molecule has 1 amide bonds. The molecular formula is C18H21NO2.